The second-order valence-electron chi connectivity index (χ2n) is 9.23. The Bertz CT molecular complexity index is 1040. The fourth-order valence-corrected chi connectivity index (χ4v) is 4.00. The molecule has 1 saturated carbocycles. The standard InChI is InChI=1S/C15H20NO2.C13H14FNO2.K/c1-11-8-9-13(10-14(11)18-2)16-15(17)12-6-4-3-5-7-12;1-9-3-12(4-11(5-16)10(9)2)17-8-13(14)6-15-7-13;/h3,8-10,12H,4-7H2,1-2H3,(H,16,17);3-4,15H,2,6-8H2,1H3;/q-1;-2;+1. The predicted octanol–water partition coefficient (Wildman–Crippen LogP) is 1.67. The third-order valence-corrected chi connectivity index (χ3v) is 6.42. The molecule has 2 aromatic carbocycles. The van der Waals surface area contributed by atoms with E-state index in [0.29, 0.717) is 30.0 Å². The number of rotatable bonds is 7. The molecule has 2 N–H and O–H groups in total. The normalized spacial score (nSPS) is 16.3. The molecule has 1 heterocycles. The first kappa shape index (κ1) is 30.8. The molecule has 0 aromatic heterocycles. The summed E-state index contributed by atoms with van der Waals surface area (Å²) in [7, 11) is 1.64. The molecule has 0 spiro atoms. The Labute approximate surface area is 256 Å². The van der Waals surface area contributed by atoms with Crippen LogP contribution in [0.25, 0.3) is 0 Å². The first-order valence-electron chi connectivity index (χ1n) is 11.9. The molecule has 0 unspecified atom stereocenters. The van der Waals surface area contributed by atoms with Crippen LogP contribution in [0.4, 0.5) is 10.1 Å². The second kappa shape index (κ2) is 14.5. The SMILES string of the molecule is COc1cc(NC(=O)C2CC[CH-]CC2)ccc1C.[CH2-]c1c(C)cc(OCC2(F)CNC2)cc1[C-]=O.[K+]. The number of ether oxygens (including phenoxy) is 2. The Kier molecular flexibility index (Phi) is 12.4. The van der Waals surface area contributed by atoms with E-state index in [4.69, 9.17) is 9.47 Å². The summed E-state index contributed by atoms with van der Waals surface area (Å²) in [5.74, 6) is 1.58. The minimum Gasteiger partial charge on any atom is -0.505 e. The fourth-order valence-electron chi connectivity index (χ4n) is 4.00. The Balaban J connectivity index is 0.000000247. The Morgan fingerprint density at radius 3 is 2.50 bits per heavy atom. The van der Waals surface area contributed by atoms with Crippen LogP contribution < -0.4 is 71.5 Å². The number of anilines is 1. The maximum atomic E-state index is 13.7. The molecule has 1 aliphatic carbocycles. The van der Waals surface area contributed by atoms with Crippen LogP contribution in [0.5, 0.6) is 11.5 Å². The molecule has 0 bridgehead atoms. The van der Waals surface area contributed by atoms with Gasteiger partial charge in [0.25, 0.3) is 0 Å². The predicted molar refractivity (Wildman–Crippen MR) is 135 cm³/mol. The van der Waals surface area contributed by atoms with E-state index in [2.05, 4.69) is 24.0 Å². The zero-order valence-corrected chi connectivity index (χ0v) is 24.8. The summed E-state index contributed by atoms with van der Waals surface area (Å²) in [5.41, 5.74) is 2.43. The van der Waals surface area contributed by atoms with Crippen molar-refractivity contribution in [2.45, 2.75) is 45.2 Å². The number of carbonyl (C=O) groups excluding carboxylic acids is 2. The van der Waals surface area contributed by atoms with Gasteiger partial charge < -0.3 is 31.3 Å². The number of halogens is 1. The van der Waals surface area contributed by atoms with Gasteiger partial charge in [0.15, 0.2) is 5.67 Å². The zero-order valence-electron chi connectivity index (χ0n) is 21.7. The number of carbonyl (C=O) groups is 1. The zero-order chi connectivity index (χ0) is 25.4. The van der Waals surface area contributed by atoms with Crippen LogP contribution in [0.3, 0.4) is 0 Å². The smallest absolute Gasteiger partial charge is 0.505 e. The molecule has 1 aliphatic heterocycles. The van der Waals surface area contributed by atoms with Crippen molar-refractivity contribution < 1.29 is 74.8 Å². The summed E-state index contributed by atoms with van der Waals surface area (Å²) >= 11 is 0. The summed E-state index contributed by atoms with van der Waals surface area (Å²) in [5, 5.41) is 5.83. The summed E-state index contributed by atoms with van der Waals surface area (Å²) in [4.78, 5) is 22.8. The van der Waals surface area contributed by atoms with E-state index in [0.717, 1.165) is 48.2 Å². The average Bonchev–Trinajstić information content (AvgIpc) is 2.85. The number of hydrogen-bond acceptors (Lipinski definition) is 5. The van der Waals surface area contributed by atoms with Crippen molar-refractivity contribution in [1.29, 1.82) is 0 Å². The minimum absolute atomic E-state index is 0. The molecule has 2 aliphatic rings. The molecular formula is C28H34FKN2O4-2. The monoisotopic (exact) mass is 520 g/mol. The Morgan fingerprint density at radius 1 is 1.22 bits per heavy atom. The largest absolute Gasteiger partial charge is 1.00 e. The van der Waals surface area contributed by atoms with Gasteiger partial charge in [-0.25, -0.2) is 9.95 Å². The van der Waals surface area contributed by atoms with Crippen molar-refractivity contribution in [2.75, 3.05) is 32.1 Å². The van der Waals surface area contributed by atoms with Crippen molar-refractivity contribution in [3.63, 3.8) is 0 Å². The number of amides is 1. The van der Waals surface area contributed by atoms with Crippen molar-refractivity contribution in [1.82, 2.24) is 5.32 Å². The van der Waals surface area contributed by atoms with Gasteiger partial charge >= 0.3 is 51.4 Å². The Hall–Kier alpha value is -1.42. The summed E-state index contributed by atoms with van der Waals surface area (Å²) in [6.45, 7) is 8.20. The third-order valence-electron chi connectivity index (χ3n) is 6.42. The van der Waals surface area contributed by atoms with E-state index in [9.17, 15) is 14.0 Å². The van der Waals surface area contributed by atoms with Crippen LogP contribution in [0.1, 0.15) is 47.9 Å². The quantitative estimate of drug-likeness (QED) is 0.429. The number of aryl methyl sites for hydroxylation is 2. The second-order valence-corrected chi connectivity index (χ2v) is 9.23. The first-order chi connectivity index (χ1) is 16.7. The molecule has 2 fully saturated rings. The van der Waals surface area contributed by atoms with Gasteiger partial charge in [-0.1, -0.05) is 31.9 Å². The van der Waals surface area contributed by atoms with Crippen LogP contribution in [0.15, 0.2) is 30.3 Å². The minimum atomic E-state index is -1.29. The van der Waals surface area contributed by atoms with Crippen molar-refractivity contribution >= 4 is 17.9 Å². The molecule has 4 rings (SSSR count). The van der Waals surface area contributed by atoms with Gasteiger partial charge in [0.1, 0.15) is 12.4 Å². The van der Waals surface area contributed by atoms with E-state index in [1.807, 2.05) is 32.0 Å². The Morgan fingerprint density at radius 2 is 1.92 bits per heavy atom. The molecule has 1 amide bonds. The summed E-state index contributed by atoms with van der Waals surface area (Å²) < 4.78 is 24.3. The van der Waals surface area contributed by atoms with Crippen LogP contribution in [-0.4, -0.2) is 44.7 Å². The molecule has 1 saturated heterocycles. The summed E-state index contributed by atoms with van der Waals surface area (Å²) in [6, 6.07) is 9.05. The van der Waals surface area contributed by atoms with Crippen molar-refractivity contribution in [2.24, 2.45) is 5.92 Å². The topological polar surface area (TPSA) is 76.7 Å². The van der Waals surface area contributed by atoms with Crippen LogP contribution in [-0.2, 0) is 9.59 Å². The molecule has 0 atom stereocenters. The van der Waals surface area contributed by atoms with E-state index in [-0.39, 0.29) is 69.8 Å². The maximum absolute atomic E-state index is 13.7. The molecule has 8 heteroatoms. The number of methoxy groups -OCH3 is 1. The van der Waals surface area contributed by atoms with Gasteiger partial charge in [0.05, 0.1) is 7.11 Å². The number of benzene rings is 2. The molecular weight excluding hydrogens is 486 g/mol. The van der Waals surface area contributed by atoms with Crippen molar-refractivity contribution in [3.8, 4) is 11.5 Å². The van der Waals surface area contributed by atoms with Gasteiger partial charge in [-0.3, -0.25) is 22.8 Å². The molecule has 36 heavy (non-hydrogen) atoms. The van der Waals surface area contributed by atoms with E-state index < -0.39 is 5.67 Å². The van der Waals surface area contributed by atoms with Crippen LogP contribution in [0, 0.1) is 33.1 Å². The van der Waals surface area contributed by atoms with E-state index >= 15 is 0 Å². The fraction of sp³-hybridized carbons (Fsp3) is 0.429. The molecule has 6 nitrogen and oxygen atoms in total. The van der Waals surface area contributed by atoms with Gasteiger partial charge in [0, 0.05) is 36.5 Å². The maximum Gasteiger partial charge on any atom is 1.00 e. The van der Waals surface area contributed by atoms with E-state index in [1.54, 1.807) is 19.5 Å². The number of hydrogen-bond donors (Lipinski definition) is 2. The van der Waals surface area contributed by atoms with Crippen LogP contribution >= 0.6 is 0 Å². The number of nitrogens with one attached hydrogen (secondary N) is 2. The molecule has 2 aromatic rings. The van der Waals surface area contributed by atoms with Gasteiger partial charge in [-0.2, -0.15) is 18.9 Å². The number of alkyl halides is 1. The van der Waals surface area contributed by atoms with Gasteiger partial charge in [-0.15, -0.1) is 0 Å². The van der Waals surface area contributed by atoms with Crippen LogP contribution in [0.2, 0.25) is 0 Å². The van der Waals surface area contributed by atoms with Crippen molar-refractivity contribution in [3.05, 3.63) is 65.9 Å². The van der Waals surface area contributed by atoms with Gasteiger partial charge in [0.2, 0.25) is 5.91 Å². The van der Waals surface area contributed by atoms with E-state index in [1.165, 1.54) is 6.07 Å². The average molecular weight is 521 g/mol. The molecule has 190 valence electrons. The third kappa shape index (κ3) is 8.57. The van der Waals surface area contributed by atoms with Gasteiger partial charge in [-0.05, 0) is 24.8 Å². The molecule has 0 radical (unpaired) electrons. The summed E-state index contributed by atoms with van der Waals surface area (Å²) in [6.07, 6.45) is 8.10. The first-order valence-corrected chi connectivity index (χ1v) is 11.9.